The van der Waals surface area contributed by atoms with Gasteiger partial charge in [0.2, 0.25) is 5.60 Å². The van der Waals surface area contributed by atoms with Gasteiger partial charge < -0.3 is 5.11 Å². The third-order valence-electron chi connectivity index (χ3n) is 1.91. The summed E-state index contributed by atoms with van der Waals surface area (Å²) in [7, 11) is 0. The van der Waals surface area contributed by atoms with Crippen LogP contribution in [0.5, 0.6) is 0 Å². The summed E-state index contributed by atoms with van der Waals surface area (Å²) in [6.45, 7) is 4.42. The summed E-state index contributed by atoms with van der Waals surface area (Å²) < 4.78 is 38.2. The van der Waals surface area contributed by atoms with E-state index in [2.05, 4.69) is 11.6 Å². The van der Waals surface area contributed by atoms with Gasteiger partial charge in [-0.1, -0.05) is 6.58 Å². The second-order valence-electron chi connectivity index (χ2n) is 3.09. The molecule has 86 valence electrons. The van der Waals surface area contributed by atoms with Gasteiger partial charge in [-0.25, -0.2) is 4.98 Å². The molecule has 0 saturated heterocycles. The number of aromatic nitrogens is 1. The molecule has 7 heteroatoms. The molecule has 3 nitrogen and oxygen atoms in total. The number of rotatable bonds is 2. The number of hydrogen-bond donors (Lipinski definition) is 1. The van der Waals surface area contributed by atoms with Gasteiger partial charge in [0.15, 0.2) is 0 Å². The van der Waals surface area contributed by atoms with E-state index in [-0.39, 0.29) is 0 Å². The number of thiazole rings is 1. The van der Waals surface area contributed by atoms with Crippen molar-refractivity contribution in [1.29, 1.82) is 5.26 Å². The van der Waals surface area contributed by atoms with Crippen LogP contribution < -0.4 is 0 Å². The van der Waals surface area contributed by atoms with Crippen molar-refractivity contribution in [3.8, 4) is 6.07 Å². The van der Waals surface area contributed by atoms with Crippen molar-refractivity contribution in [1.82, 2.24) is 4.98 Å². The quantitative estimate of drug-likeness (QED) is 0.817. The fourth-order valence-electron chi connectivity index (χ4n) is 1.02. The Morgan fingerprint density at radius 3 is 2.50 bits per heavy atom. The van der Waals surface area contributed by atoms with E-state index in [1.54, 1.807) is 0 Å². The van der Waals surface area contributed by atoms with Crippen molar-refractivity contribution in [3.63, 3.8) is 0 Å². The molecule has 1 aromatic rings. The summed E-state index contributed by atoms with van der Waals surface area (Å²) in [5, 5.41) is 18.8. The van der Waals surface area contributed by atoms with Crippen LogP contribution >= 0.6 is 11.3 Å². The number of alkyl halides is 3. The highest BCUT2D eigenvalue weighted by atomic mass is 32.1. The Balaban J connectivity index is 3.38. The molecule has 16 heavy (non-hydrogen) atoms. The molecule has 0 amide bonds. The summed E-state index contributed by atoms with van der Waals surface area (Å²) in [5.41, 5.74) is -4.04. The highest BCUT2D eigenvalue weighted by molar-refractivity contribution is 7.09. The minimum absolute atomic E-state index is 0.341. The molecule has 1 N–H and O–H groups in total. The molecule has 1 rings (SSSR count). The van der Waals surface area contributed by atoms with E-state index in [0.717, 1.165) is 0 Å². The Bertz CT molecular complexity index is 460. The first-order valence-corrected chi connectivity index (χ1v) is 4.92. The molecule has 0 aliphatic heterocycles. The molecule has 0 bridgehead atoms. The average Bonchev–Trinajstić information content (AvgIpc) is 2.60. The highest BCUT2D eigenvalue weighted by Crippen LogP contribution is 2.44. The maximum Gasteiger partial charge on any atom is 0.428 e. The van der Waals surface area contributed by atoms with Gasteiger partial charge in [0, 0.05) is 11.1 Å². The molecular formula is C9H7F3N2OS. The van der Waals surface area contributed by atoms with E-state index in [0.29, 0.717) is 17.0 Å². The second-order valence-corrected chi connectivity index (χ2v) is 3.95. The van der Waals surface area contributed by atoms with E-state index in [4.69, 9.17) is 5.26 Å². The van der Waals surface area contributed by atoms with Crippen molar-refractivity contribution >= 4 is 11.3 Å². The van der Waals surface area contributed by atoms with Crippen LogP contribution in [-0.4, -0.2) is 16.3 Å². The van der Waals surface area contributed by atoms with E-state index in [9.17, 15) is 18.3 Å². The molecule has 0 spiro atoms. The molecule has 1 heterocycles. The van der Waals surface area contributed by atoms with Crippen LogP contribution in [0.15, 0.2) is 17.5 Å². The SMILES string of the molecule is C=C(C#N)C(O)(c1nc(C)cs1)C(F)(F)F. The first-order valence-electron chi connectivity index (χ1n) is 4.04. The van der Waals surface area contributed by atoms with Gasteiger partial charge in [-0.05, 0) is 6.92 Å². The van der Waals surface area contributed by atoms with Crippen molar-refractivity contribution in [3.05, 3.63) is 28.2 Å². The van der Waals surface area contributed by atoms with Gasteiger partial charge in [-0.3, -0.25) is 0 Å². The Morgan fingerprint density at radius 1 is 1.62 bits per heavy atom. The smallest absolute Gasteiger partial charge is 0.370 e. The van der Waals surface area contributed by atoms with Gasteiger partial charge in [-0.15, -0.1) is 11.3 Å². The number of halogens is 3. The summed E-state index contributed by atoms with van der Waals surface area (Å²) in [6.07, 6.45) is -5.02. The number of nitrogens with zero attached hydrogens (tertiary/aromatic N) is 2. The van der Waals surface area contributed by atoms with Gasteiger partial charge in [0.1, 0.15) is 5.01 Å². The van der Waals surface area contributed by atoms with E-state index in [1.165, 1.54) is 18.4 Å². The Labute approximate surface area is 93.5 Å². The molecule has 0 aliphatic carbocycles. The third kappa shape index (κ3) is 1.81. The lowest BCUT2D eigenvalue weighted by molar-refractivity contribution is -0.248. The molecule has 1 unspecified atom stereocenters. The van der Waals surface area contributed by atoms with Crippen LogP contribution in [0.25, 0.3) is 0 Å². The normalized spacial score (nSPS) is 15.2. The minimum Gasteiger partial charge on any atom is -0.370 e. The van der Waals surface area contributed by atoms with Gasteiger partial charge >= 0.3 is 6.18 Å². The number of aryl methyl sites for hydroxylation is 1. The minimum atomic E-state index is -5.02. The van der Waals surface area contributed by atoms with Gasteiger partial charge in [0.05, 0.1) is 11.6 Å². The molecule has 1 aromatic heterocycles. The lowest BCUT2D eigenvalue weighted by Crippen LogP contribution is -2.43. The van der Waals surface area contributed by atoms with Gasteiger partial charge in [-0.2, -0.15) is 18.4 Å². The zero-order valence-electron chi connectivity index (χ0n) is 8.17. The molecule has 0 saturated carbocycles. The van der Waals surface area contributed by atoms with Crippen LogP contribution in [-0.2, 0) is 5.60 Å². The van der Waals surface area contributed by atoms with Gasteiger partial charge in [0.25, 0.3) is 0 Å². The zero-order valence-corrected chi connectivity index (χ0v) is 8.98. The first-order chi connectivity index (χ1) is 7.23. The fraction of sp³-hybridized carbons (Fsp3) is 0.333. The van der Waals surface area contributed by atoms with E-state index in [1.807, 2.05) is 0 Å². The highest BCUT2D eigenvalue weighted by Gasteiger charge is 2.59. The third-order valence-corrected chi connectivity index (χ3v) is 2.98. The molecule has 0 radical (unpaired) electrons. The maximum atomic E-state index is 12.7. The fourth-order valence-corrected chi connectivity index (χ4v) is 1.96. The summed E-state index contributed by atoms with van der Waals surface area (Å²) >= 11 is 0.634. The van der Waals surface area contributed by atoms with Crippen LogP contribution in [0.4, 0.5) is 13.2 Å². The molecule has 0 fully saturated rings. The van der Waals surface area contributed by atoms with Crippen LogP contribution in [0.3, 0.4) is 0 Å². The van der Waals surface area contributed by atoms with Crippen molar-refractivity contribution < 1.29 is 18.3 Å². The van der Waals surface area contributed by atoms with Crippen LogP contribution in [0, 0.1) is 18.3 Å². The van der Waals surface area contributed by atoms with Crippen molar-refractivity contribution in [2.75, 3.05) is 0 Å². The van der Waals surface area contributed by atoms with Crippen LogP contribution in [0.2, 0.25) is 0 Å². The zero-order chi connectivity index (χ0) is 12.6. The molecular weight excluding hydrogens is 241 g/mol. The predicted octanol–water partition coefficient (Wildman–Crippen LogP) is 2.28. The monoisotopic (exact) mass is 248 g/mol. The van der Waals surface area contributed by atoms with E-state index < -0.39 is 22.4 Å². The predicted molar refractivity (Wildman–Crippen MR) is 51.6 cm³/mol. The largest absolute Gasteiger partial charge is 0.428 e. The lowest BCUT2D eigenvalue weighted by Gasteiger charge is -2.27. The van der Waals surface area contributed by atoms with Crippen molar-refractivity contribution in [2.24, 2.45) is 0 Å². The summed E-state index contributed by atoms with van der Waals surface area (Å²) in [4.78, 5) is 3.55. The molecule has 0 aliphatic rings. The Hall–Kier alpha value is -1.39. The average molecular weight is 248 g/mol. The Morgan fingerprint density at radius 2 is 2.19 bits per heavy atom. The number of aliphatic hydroxyl groups is 1. The maximum absolute atomic E-state index is 12.7. The molecule has 1 atom stereocenters. The standard InChI is InChI=1S/C9H7F3N2OS/c1-5(3-13)8(15,9(10,11)12)7-14-6(2)4-16-7/h4,15H,1H2,2H3. The first kappa shape index (κ1) is 12.7. The second kappa shape index (κ2) is 3.88. The summed E-state index contributed by atoms with van der Waals surface area (Å²) in [6, 6.07) is 1.22. The lowest BCUT2D eigenvalue weighted by atomic mass is 9.96. The topological polar surface area (TPSA) is 56.9 Å². The van der Waals surface area contributed by atoms with Crippen molar-refractivity contribution in [2.45, 2.75) is 18.7 Å². The molecule has 0 aromatic carbocycles. The van der Waals surface area contributed by atoms with E-state index >= 15 is 0 Å². The van der Waals surface area contributed by atoms with Crippen LogP contribution in [0.1, 0.15) is 10.7 Å². The summed E-state index contributed by atoms with van der Waals surface area (Å²) in [5.74, 6) is 0. The Kier molecular flexibility index (Phi) is 3.08. The number of nitriles is 1. The number of hydrogen-bond acceptors (Lipinski definition) is 4.